The van der Waals surface area contributed by atoms with E-state index >= 15 is 0 Å². The van der Waals surface area contributed by atoms with E-state index in [1.54, 1.807) is 18.2 Å². The van der Waals surface area contributed by atoms with Gasteiger partial charge >= 0.3 is 0 Å². The molecule has 16 heavy (non-hydrogen) atoms. The SMILES string of the molecule is C=C/C=C(\C=C)Oc1cccc(C)c1.CC. The van der Waals surface area contributed by atoms with Gasteiger partial charge in [0.2, 0.25) is 0 Å². The molecule has 0 spiro atoms. The molecule has 1 aromatic carbocycles. The second-order valence-corrected chi connectivity index (χ2v) is 2.93. The Morgan fingerprint density at radius 3 is 2.44 bits per heavy atom. The van der Waals surface area contributed by atoms with E-state index in [0.29, 0.717) is 5.76 Å². The molecule has 0 N–H and O–H groups in total. The smallest absolute Gasteiger partial charge is 0.127 e. The Balaban J connectivity index is 0.00000106. The van der Waals surface area contributed by atoms with Gasteiger partial charge in [0, 0.05) is 0 Å². The third kappa shape index (κ3) is 5.20. The third-order valence-corrected chi connectivity index (χ3v) is 1.71. The Labute approximate surface area is 98.8 Å². The van der Waals surface area contributed by atoms with Crippen LogP contribution in [0, 0.1) is 6.92 Å². The van der Waals surface area contributed by atoms with Crippen LogP contribution in [0.1, 0.15) is 19.4 Å². The van der Waals surface area contributed by atoms with Crippen molar-refractivity contribution in [2.45, 2.75) is 20.8 Å². The molecule has 0 saturated carbocycles. The van der Waals surface area contributed by atoms with Gasteiger partial charge in [-0.1, -0.05) is 45.2 Å². The summed E-state index contributed by atoms with van der Waals surface area (Å²) in [6.45, 7) is 13.3. The summed E-state index contributed by atoms with van der Waals surface area (Å²) in [7, 11) is 0. The number of hydrogen-bond donors (Lipinski definition) is 0. The number of benzene rings is 1. The lowest BCUT2D eigenvalue weighted by Gasteiger charge is -2.05. The van der Waals surface area contributed by atoms with Crippen LogP contribution >= 0.6 is 0 Å². The van der Waals surface area contributed by atoms with Gasteiger partial charge in [-0.15, -0.1) is 0 Å². The summed E-state index contributed by atoms with van der Waals surface area (Å²) in [5.74, 6) is 1.52. The molecule has 1 rings (SSSR count). The number of ether oxygens (including phenoxy) is 1. The van der Waals surface area contributed by atoms with Crippen LogP contribution in [0.2, 0.25) is 0 Å². The van der Waals surface area contributed by atoms with Crippen molar-refractivity contribution in [3.8, 4) is 5.75 Å². The van der Waals surface area contributed by atoms with E-state index in [1.165, 1.54) is 5.56 Å². The van der Waals surface area contributed by atoms with E-state index in [9.17, 15) is 0 Å². The minimum absolute atomic E-state index is 0.700. The number of hydrogen-bond acceptors (Lipinski definition) is 1. The van der Waals surface area contributed by atoms with E-state index in [0.717, 1.165) is 5.75 Å². The van der Waals surface area contributed by atoms with Crippen LogP contribution in [0.3, 0.4) is 0 Å². The van der Waals surface area contributed by atoms with E-state index in [4.69, 9.17) is 4.74 Å². The van der Waals surface area contributed by atoms with Crippen LogP contribution < -0.4 is 4.74 Å². The lowest BCUT2D eigenvalue weighted by atomic mass is 10.2. The Morgan fingerprint density at radius 1 is 1.25 bits per heavy atom. The fourth-order valence-corrected chi connectivity index (χ4v) is 1.07. The number of aryl methyl sites for hydroxylation is 1. The van der Waals surface area contributed by atoms with Gasteiger partial charge < -0.3 is 4.74 Å². The molecule has 86 valence electrons. The lowest BCUT2D eigenvalue weighted by molar-refractivity contribution is 0.444. The van der Waals surface area contributed by atoms with Gasteiger partial charge in [-0.25, -0.2) is 0 Å². The minimum Gasteiger partial charge on any atom is -0.457 e. The molecule has 0 saturated heterocycles. The highest BCUT2D eigenvalue weighted by molar-refractivity contribution is 5.31. The zero-order valence-electron chi connectivity index (χ0n) is 10.4. The van der Waals surface area contributed by atoms with Crippen molar-refractivity contribution in [1.82, 2.24) is 0 Å². The summed E-state index contributed by atoms with van der Waals surface area (Å²) in [6.07, 6.45) is 5.10. The second-order valence-electron chi connectivity index (χ2n) is 2.93. The van der Waals surface area contributed by atoms with Gasteiger partial charge in [0.25, 0.3) is 0 Å². The average Bonchev–Trinajstić information content (AvgIpc) is 2.31. The van der Waals surface area contributed by atoms with Crippen molar-refractivity contribution in [2.75, 3.05) is 0 Å². The molecule has 0 aromatic heterocycles. The lowest BCUT2D eigenvalue weighted by Crippen LogP contribution is -1.91. The maximum Gasteiger partial charge on any atom is 0.127 e. The summed E-state index contributed by atoms with van der Waals surface area (Å²) in [6, 6.07) is 7.87. The van der Waals surface area contributed by atoms with Crippen molar-refractivity contribution >= 4 is 0 Å². The molecule has 0 aliphatic rings. The van der Waals surface area contributed by atoms with E-state index < -0.39 is 0 Å². The summed E-state index contributed by atoms with van der Waals surface area (Å²) in [5.41, 5.74) is 1.17. The van der Waals surface area contributed by atoms with Gasteiger partial charge in [-0.05, 0) is 36.8 Å². The molecule has 0 amide bonds. The van der Waals surface area contributed by atoms with Gasteiger partial charge in [0.1, 0.15) is 11.5 Å². The van der Waals surface area contributed by atoms with Gasteiger partial charge in [-0.3, -0.25) is 0 Å². The van der Waals surface area contributed by atoms with Gasteiger partial charge in [0.15, 0.2) is 0 Å². The number of allylic oxidation sites excluding steroid dienone is 3. The maximum absolute atomic E-state index is 5.56. The molecule has 0 unspecified atom stereocenters. The van der Waals surface area contributed by atoms with Crippen molar-refractivity contribution in [3.05, 3.63) is 67.0 Å². The second kappa shape index (κ2) is 8.54. The Hall–Kier alpha value is -1.76. The first-order valence-corrected chi connectivity index (χ1v) is 5.46. The van der Waals surface area contributed by atoms with Crippen molar-refractivity contribution in [1.29, 1.82) is 0 Å². The standard InChI is InChI=1S/C13H14O.C2H6/c1-4-7-12(5-2)14-13-9-6-8-11(3)10-13;1-2/h4-10H,1-2H2,3H3;1-2H3/b12-7+;. The first kappa shape index (κ1) is 14.2. The Kier molecular flexibility index (Phi) is 7.60. The zero-order valence-corrected chi connectivity index (χ0v) is 10.4. The fourth-order valence-electron chi connectivity index (χ4n) is 1.07. The fraction of sp³-hybridized carbons (Fsp3) is 0.200. The van der Waals surface area contributed by atoms with E-state index in [1.807, 2.05) is 45.0 Å². The topological polar surface area (TPSA) is 9.23 Å². The highest BCUT2D eigenvalue weighted by Crippen LogP contribution is 2.15. The summed E-state index contributed by atoms with van der Waals surface area (Å²) in [4.78, 5) is 0. The van der Waals surface area contributed by atoms with Crippen LogP contribution in [0.5, 0.6) is 5.75 Å². The third-order valence-electron chi connectivity index (χ3n) is 1.71. The van der Waals surface area contributed by atoms with Crippen LogP contribution in [0.4, 0.5) is 0 Å². The Morgan fingerprint density at radius 2 is 1.94 bits per heavy atom. The minimum atomic E-state index is 0.700. The van der Waals surface area contributed by atoms with Crippen molar-refractivity contribution < 1.29 is 4.74 Å². The van der Waals surface area contributed by atoms with Crippen molar-refractivity contribution in [2.24, 2.45) is 0 Å². The van der Waals surface area contributed by atoms with Crippen LogP contribution in [-0.4, -0.2) is 0 Å². The normalized spacial score (nSPS) is 9.81. The highest BCUT2D eigenvalue weighted by atomic mass is 16.5. The first-order valence-electron chi connectivity index (χ1n) is 5.46. The predicted octanol–water partition coefficient (Wildman–Crippen LogP) is 4.66. The van der Waals surface area contributed by atoms with Crippen LogP contribution in [0.25, 0.3) is 0 Å². The van der Waals surface area contributed by atoms with Crippen molar-refractivity contribution in [3.63, 3.8) is 0 Å². The first-order chi connectivity index (χ1) is 7.76. The summed E-state index contributed by atoms with van der Waals surface area (Å²) in [5, 5.41) is 0. The molecule has 1 nitrogen and oxygen atoms in total. The van der Waals surface area contributed by atoms with E-state index in [2.05, 4.69) is 13.2 Å². The zero-order chi connectivity index (χ0) is 12.4. The molecule has 0 atom stereocenters. The average molecular weight is 216 g/mol. The van der Waals surface area contributed by atoms with Gasteiger partial charge in [-0.2, -0.15) is 0 Å². The molecule has 0 bridgehead atoms. The van der Waals surface area contributed by atoms with Crippen LogP contribution in [0.15, 0.2) is 61.4 Å². The molecule has 0 radical (unpaired) electrons. The molecule has 0 aliphatic carbocycles. The summed E-state index contributed by atoms with van der Waals surface area (Å²) >= 11 is 0. The van der Waals surface area contributed by atoms with Gasteiger partial charge in [0.05, 0.1) is 0 Å². The maximum atomic E-state index is 5.56. The Bertz CT molecular complexity index is 361. The number of rotatable bonds is 4. The molecular formula is C15H20O. The molecule has 1 heteroatoms. The summed E-state index contributed by atoms with van der Waals surface area (Å²) < 4.78 is 5.56. The molecular weight excluding hydrogens is 196 g/mol. The molecule has 1 aromatic rings. The molecule has 0 fully saturated rings. The van der Waals surface area contributed by atoms with Crippen LogP contribution in [-0.2, 0) is 0 Å². The van der Waals surface area contributed by atoms with E-state index in [-0.39, 0.29) is 0 Å². The molecule has 0 heterocycles. The largest absolute Gasteiger partial charge is 0.457 e. The quantitative estimate of drug-likeness (QED) is 0.525. The highest BCUT2D eigenvalue weighted by Gasteiger charge is 1.95. The molecule has 0 aliphatic heterocycles. The monoisotopic (exact) mass is 216 g/mol. The predicted molar refractivity (Wildman–Crippen MR) is 71.6 cm³/mol.